The SMILES string of the molecule is O=C(Nc1ccc(Br)cn1)c1ccc(Oc2cc3c(cc2Cl)C(C(=O)O)CCO3)cc1. The second-order valence-corrected chi connectivity index (χ2v) is 8.11. The summed E-state index contributed by atoms with van der Waals surface area (Å²) in [6.45, 7) is 0.308. The first-order valence-electron chi connectivity index (χ1n) is 9.30. The van der Waals surface area contributed by atoms with Crippen molar-refractivity contribution < 1.29 is 24.2 Å². The van der Waals surface area contributed by atoms with Crippen LogP contribution in [0.5, 0.6) is 17.2 Å². The van der Waals surface area contributed by atoms with Crippen molar-refractivity contribution in [2.45, 2.75) is 12.3 Å². The van der Waals surface area contributed by atoms with Gasteiger partial charge in [0.2, 0.25) is 0 Å². The number of hydrogen-bond donors (Lipinski definition) is 2. The number of hydrogen-bond acceptors (Lipinski definition) is 5. The summed E-state index contributed by atoms with van der Waals surface area (Å²) in [5, 5.41) is 12.4. The van der Waals surface area contributed by atoms with Crippen molar-refractivity contribution in [3.8, 4) is 17.2 Å². The Labute approximate surface area is 191 Å². The molecular weight excluding hydrogens is 488 g/mol. The number of fused-ring (bicyclic) bond motifs is 1. The number of carboxylic acid groups (broad SMARTS) is 1. The summed E-state index contributed by atoms with van der Waals surface area (Å²) in [7, 11) is 0. The zero-order chi connectivity index (χ0) is 22.0. The maximum absolute atomic E-state index is 12.4. The smallest absolute Gasteiger partial charge is 0.311 e. The molecule has 1 unspecified atom stereocenters. The number of ether oxygens (including phenoxy) is 2. The second kappa shape index (κ2) is 8.95. The molecule has 0 radical (unpaired) electrons. The molecule has 0 fully saturated rings. The molecule has 1 amide bonds. The average Bonchev–Trinajstić information content (AvgIpc) is 2.76. The second-order valence-electron chi connectivity index (χ2n) is 6.79. The quantitative estimate of drug-likeness (QED) is 0.478. The molecule has 1 aliphatic heterocycles. The molecule has 0 aliphatic carbocycles. The van der Waals surface area contributed by atoms with Gasteiger partial charge in [0.15, 0.2) is 0 Å². The van der Waals surface area contributed by atoms with Crippen LogP contribution in [0, 0.1) is 0 Å². The van der Waals surface area contributed by atoms with Crippen molar-refractivity contribution in [2.24, 2.45) is 0 Å². The van der Waals surface area contributed by atoms with Gasteiger partial charge in [-0.3, -0.25) is 9.59 Å². The molecule has 1 aromatic heterocycles. The van der Waals surface area contributed by atoms with Gasteiger partial charge in [0.1, 0.15) is 23.1 Å². The zero-order valence-corrected chi connectivity index (χ0v) is 18.3. The Balaban J connectivity index is 1.48. The summed E-state index contributed by atoms with van der Waals surface area (Å²) in [6.07, 6.45) is 1.98. The van der Waals surface area contributed by atoms with Crippen LogP contribution in [0.15, 0.2) is 59.2 Å². The molecule has 1 aliphatic rings. The number of anilines is 1. The van der Waals surface area contributed by atoms with Gasteiger partial charge in [0, 0.05) is 27.9 Å². The Bertz CT molecular complexity index is 1140. The van der Waals surface area contributed by atoms with Crippen molar-refractivity contribution in [1.29, 1.82) is 0 Å². The Hall–Kier alpha value is -3.10. The fourth-order valence-corrected chi connectivity index (χ4v) is 3.61. The average molecular weight is 504 g/mol. The molecular formula is C22H16BrClN2O5. The molecule has 3 aromatic rings. The van der Waals surface area contributed by atoms with Crippen LogP contribution in [0.1, 0.15) is 28.3 Å². The first kappa shape index (κ1) is 21.1. The highest BCUT2D eigenvalue weighted by atomic mass is 79.9. The van der Waals surface area contributed by atoms with E-state index in [4.69, 9.17) is 21.1 Å². The predicted molar refractivity (Wildman–Crippen MR) is 118 cm³/mol. The van der Waals surface area contributed by atoms with Gasteiger partial charge in [0.25, 0.3) is 5.91 Å². The molecule has 2 heterocycles. The molecule has 158 valence electrons. The van der Waals surface area contributed by atoms with Gasteiger partial charge in [-0.1, -0.05) is 11.6 Å². The Kier molecular flexibility index (Phi) is 6.11. The minimum atomic E-state index is -0.915. The Morgan fingerprint density at radius 2 is 1.97 bits per heavy atom. The number of rotatable bonds is 5. The number of carbonyl (C=O) groups is 2. The number of aromatic nitrogens is 1. The predicted octanol–water partition coefficient (Wildman–Crippen LogP) is 5.49. The van der Waals surface area contributed by atoms with E-state index in [2.05, 4.69) is 26.2 Å². The molecule has 0 saturated heterocycles. The normalized spacial score (nSPS) is 14.8. The third kappa shape index (κ3) is 4.81. The number of aliphatic carboxylic acids is 1. The monoisotopic (exact) mass is 502 g/mol. The number of nitrogens with one attached hydrogen (secondary N) is 1. The molecule has 0 bridgehead atoms. The van der Waals surface area contributed by atoms with Crippen molar-refractivity contribution in [3.63, 3.8) is 0 Å². The minimum Gasteiger partial charge on any atom is -0.493 e. The summed E-state index contributed by atoms with van der Waals surface area (Å²) in [4.78, 5) is 27.9. The molecule has 2 aromatic carbocycles. The van der Waals surface area contributed by atoms with E-state index in [0.717, 1.165) is 4.47 Å². The van der Waals surface area contributed by atoms with Crippen LogP contribution in [0.4, 0.5) is 5.82 Å². The van der Waals surface area contributed by atoms with Crippen LogP contribution in [0.25, 0.3) is 0 Å². The van der Waals surface area contributed by atoms with Crippen LogP contribution >= 0.6 is 27.5 Å². The van der Waals surface area contributed by atoms with E-state index < -0.39 is 11.9 Å². The molecule has 0 saturated carbocycles. The van der Waals surface area contributed by atoms with Gasteiger partial charge < -0.3 is 19.9 Å². The van der Waals surface area contributed by atoms with Crippen molar-refractivity contribution in [1.82, 2.24) is 4.98 Å². The fraction of sp³-hybridized carbons (Fsp3) is 0.136. The maximum Gasteiger partial charge on any atom is 0.311 e. The molecule has 0 spiro atoms. The molecule has 1 atom stereocenters. The van der Waals surface area contributed by atoms with Crippen molar-refractivity contribution in [2.75, 3.05) is 11.9 Å². The number of carbonyl (C=O) groups excluding carboxylic acids is 1. The molecule has 31 heavy (non-hydrogen) atoms. The number of nitrogens with zero attached hydrogens (tertiary/aromatic N) is 1. The lowest BCUT2D eigenvalue weighted by Gasteiger charge is -2.24. The minimum absolute atomic E-state index is 0.277. The lowest BCUT2D eigenvalue weighted by Crippen LogP contribution is -2.20. The molecule has 2 N–H and O–H groups in total. The van der Waals surface area contributed by atoms with E-state index in [0.29, 0.717) is 47.2 Å². The van der Waals surface area contributed by atoms with Crippen LogP contribution in [-0.4, -0.2) is 28.6 Å². The first-order valence-corrected chi connectivity index (χ1v) is 10.5. The number of carboxylic acids is 1. The van der Waals surface area contributed by atoms with Gasteiger partial charge in [-0.05, 0) is 64.8 Å². The maximum atomic E-state index is 12.4. The molecule has 7 nitrogen and oxygen atoms in total. The van der Waals surface area contributed by atoms with Gasteiger partial charge >= 0.3 is 5.97 Å². The Morgan fingerprint density at radius 3 is 2.65 bits per heavy atom. The highest BCUT2D eigenvalue weighted by Gasteiger charge is 2.29. The summed E-state index contributed by atoms with van der Waals surface area (Å²) in [5.74, 6) is -0.199. The van der Waals surface area contributed by atoms with Crippen LogP contribution < -0.4 is 14.8 Å². The van der Waals surface area contributed by atoms with Gasteiger partial charge in [-0.25, -0.2) is 4.98 Å². The summed E-state index contributed by atoms with van der Waals surface area (Å²) >= 11 is 9.61. The van der Waals surface area contributed by atoms with Crippen LogP contribution in [0.3, 0.4) is 0 Å². The van der Waals surface area contributed by atoms with E-state index in [1.54, 1.807) is 54.7 Å². The van der Waals surface area contributed by atoms with Crippen LogP contribution in [-0.2, 0) is 4.79 Å². The van der Waals surface area contributed by atoms with E-state index in [-0.39, 0.29) is 10.9 Å². The lowest BCUT2D eigenvalue weighted by atomic mass is 9.93. The molecule has 4 rings (SSSR count). The van der Waals surface area contributed by atoms with Gasteiger partial charge in [-0.15, -0.1) is 0 Å². The Morgan fingerprint density at radius 1 is 1.19 bits per heavy atom. The van der Waals surface area contributed by atoms with E-state index >= 15 is 0 Å². The van der Waals surface area contributed by atoms with E-state index in [9.17, 15) is 14.7 Å². The van der Waals surface area contributed by atoms with Gasteiger partial charge in [-0.2, -0.15) is 0 Å². The highest BCUT2D eigenvalue weighted by Crippen LogP contribution is 2.41. The highest BCUT2D eigenvalue weighted by molar-refractivity contribution is 9.10. The standard InChI is InChI=1S/C22H16BrClN2O5/c23-13-3-6-20(25-11-13)26-21(27)12-1-4-14(5-2-12)31-19-10-18-16(9-17(19)24)15(22(28)29)7-8-30-18/h1-6,9-11,15H,7-8H2,(H,28,29)(H,25,26,27). The van der Waals surface area contributed by atoms with E-state index in [1.165, 1.54) is 0 Å². The van der Waals surface area contributed by atoms with Gasteiger partial charge in [0.05, 0.1) is 17.5 Å². The summed E-state index contributed by atoms with van der Waals surface area (Å²) in [6, 6.07) is 13.1. The van der Waals surface area contributed by atoms with E-state index in [1.807, 2.05) is 0 Å². The first-order chi connectivity index (χ1) is 14.9. The topological polar surface area (TPSA) is 97.8 Å². The fourth-order valence-electron chi connectivity index (χ4n) is 3.16. The van der Waals surface area contributed by atoms with Crippen molar-refractivity contribution >= 4 is 45.2 Å². The third-order valence-corrected chi connectivity index (χ3v) is 5.48. The summed E-state index contributed by atoms with van der Waals surface area (Å²) < 4.78 is 12.2. The van der Waals surface area contributed by atoms with Crippen LogP contribution in [0.2, 0.25) is 5.02 Å². The number of amides is 1. The molecule has 9 heteroatoms. The lowest BCUT2D eigenvalue weighted by molar-refractivity contribution is -0.139. The zero-order valence-electron chi connectivity index (χ0n) is 16.0. The summed E-state index contributed by atoms with van der Waals surface area (Å²) in [5.41, 5.74) is 0.964. The number of halogens is 2. The van der Waals surface area contributed by atoms with Crippen molar-refractivity contribution in [3.05, 3.63) is 75.4 Å². The number of benzene rings is 2. The third-order valence-electron chi connectivity index (χ3n) is 4.72. The number of pyridine rings is 1. The largest absolute Gasteiger partial charge is 0.493 e.